The molecule has 4 rings (SSSR count). The molecule has 9 nitrogen and oxygen atoms in total. The van der Waals surface area contributed by atoms with Gasteiger partial charge >= 0.3 is 11.4 Å². The van der Waals surface area contributed by atoms with Crippen LogP contribution in [0.15, 0.2) is 85.1 Å². The molecule has 0 fully saturated rings. The zero-order valence-corrected chi connectivity index (χ0v) is 16.7. The highest BCUT2D eigenvalue weighted by molar-refractivity contribution is 6.35. The number of aldehydes is 1. The van der Waals surface area contributed by atoms with Gasteiger partial charge in [0, 0.05) is 35.6 Å². The number of benzene rings is 3. The van der Waals surface area contributed by atoms with Gasteiger partial charge in [0.15, 0.2) is 6.29 Å². The van der Waals surface area contributed by atoms with Crippen molar-refractivity contribution in [3.05, 3.63) is 117 Å². The predicted octanol–water partition coefficient (Wildman–Crippen LogP) is 4.57. The summed E-state index contributed by atoms with van der Waals surface area (Å²) >= 11 is 0. The number of Topliss-reactive ketones (excluding diaryl/α,β-unsaturated/α-hetero) is 1. The lowest BCUT2D eigenvalue weighted by Gasteiger charge is -2.06. The van der Waals surface area contributed by atoms with Crippen molar-refractivity contribution in [1.29, 1.82) is 0 Å². The van der Waals surface area contributed by atoms with Crippen molar-refractivity contribution in [2.24, 2.45) is 0 Å². The number of nitro benzene ring substituents is 2. The Morgan fingerprint density at radius 1 is 0.812 bits per heavy atom. The van der Waals surface area contributed by atoms with Crippen LogP contribution in [0.25, 0.3) is 10.8 Å². The summed E-state index contributed by atoms with van der Waals surface area (Å²) in [6.07, 6.45) is 2.29. The lowest BCUT2D eigenvalue weighted by molar-refractivity contribution is -0.422. The summed E-state index contributed by atoms with van der Waals surface area (Å²) in [4.78, 5) is 41.7. The normalized spacial score (nSPS) is 10.1. The van der Waals surface area contributed by atoms with Gasteiger partial charge in [0.25, 0.3) is 0 Å². The number of ketones is 1. The molecule has 0 amide bonds. The van der Waals surface area contributed by atoms with E-state index in [0.717, 1.165) is 28.5 Å². The van der Waals surface area contributed by atoms with Crippen LogP contribution in [-0.4, -0.2) is 26.5 Å². The average Bonchev–Trinajstić information content (AvgIpc) is 3.17. The Morgan fingerprint density at radius 2 is 1.34 bits per heavy atom. The van der Waals surface area contributed by atoms with Gasteiger partial charge in [-0.1, -0.05) is 66.7 Å². The van der Waals surface area contributed by atoms with Gasteiger partial charge in [-0.3, -0.25) is 29.8 Å². The Kier molecular flexibility index (Phi) is 6.81. The van der Waals surface area contributed by atoms with E-state index in [2.05, 4.69) is 0 Å². The third-order valence-electron chi connectivity index (χ3n) is 4.61. The molecule has 4 aromatic rings. The number of carbonyl (C=O) groups excluding carboxylic acids is 2. The number of rotatable bonds is 6. The molecule has 1 heterocycles. The summed E-state index contributed by atoms with van der Waals surface area (Å²) in [5.41, 5.74) is 0.581. The van der Waals surface area contributed by atoms with Crippen LogP contribution in [0.1, 0.15) is 16.1 Å². The largest absolute Gasteiger partial charge is 0.346 e. The average molecular weight is 431 g/mol. The van der Waals surface area contributed by atoms with Gasteiger partial charge in [0.2, 0.25) is 5.78 Å². The van der Waals surface area contributed by atoms with E-state index in [1.165, 1.54) is 12.1 Å². The summed E-state index contributed by atoms with van der Waals surface area (Å²) in [6, 6.07) is 22.4. The summed E-state index contributed by atoms with van der Waals surface area (Å²) in [7, 11) is 0. The van der Waals surface area contributed by atoms with Crippen LogP contribution >= 0.6 is 0 Å². The smallest absolute Gasteiger partial charge is 0.339 e. The van der Waals surface area contributed by atoms with Gasteiger partial charge in [0.05, 0.1) is 9.85 Å². The number of nitro groups is 2. The quantitative estimate of drug-likeness (QED) is 0.145. The summed E-state index contributed by atoms with van der Waals surface area (Å²) in [5.74, 6) is -0.484. The molecule has 160 valence electrons. The molecule has 0 unspecified atom stereocenters. The van der Waals surface area contributed by atoms with Gasteiger partial charge in [-0.05, 0) is 5.56 Å². The third kappa shape index (κ3) is 4.90. The van der Waals surface area contributed by atoms with Crippen molar-refractivity contribution < 1.29 is 19.4 Å². The number of hydrogen-bond acceptors (Lipinski definition) is 6. The molecule has 0 bridgehead atoms. The van der Waals surface area contributed by atoms with Crippen molar-refractivity contribution >= 4 is 34.2 Å². The topological polar surface area (TPSA) is 125 Å². The molecule has 0 aliphatic carbocycles. The molecule has 0 spiro atoms. The Hall–Kier alpha value is -4.66. The molecule has 0 atom stereocenters. The van der Waals surface area contributed by atoms with Crippen LogP contribution < -0.4 is 0 Å². The monoisotopic (exact) mass is 431 g/mol. The Bertz CT molecular complexity index is 1260. The number of aromatic nitrogens is 1. The maximum Gasteiger partial charge on any atom is 0.346 e. The molecular formula is C23H17N3O6. The molecule has 0 N–H and O–H groups in total. The first-order valence-electron chi connectivity index (χ1n) is 9.41. The van der Waals surface area contributed by atoms with Gasteiger partial charge in [-0.2, -0.15) is 0 Å². The second kappa shape index (κ2) is 9.90. The zero-order valence-electron chi connectivity index (χ0n) is 16.7. The zero-order chi connectivity index (χ0) is 23.1. The predicted molar refractivity (Wildman–Crippen MR) is 118 cm³/mol. The van der Waals surface area contributed by atoms with E-state index < -0.39 is 27.0 Å². The molecule has 0 saturated heterocycles. The summed E-state index contributed by atoms with van der Waals surface area (Å²) in [5, 5.41) is 22.2. The van der Waals surface area contributed by atoms with E-state index in [9.17, 15) is 29.8 Å². The Labute approximate surface area is 181 Å². The lowest BCUT2D eigenvalue weighted by Crippen LogP contribution is -2.10. The Balaban J connectivity index is 0.000000207. The van der Waals surface area contributed by atoms with Crippen LogP contribution in [0, 0.1) is 20.2 Å². The molecule has 1 aromatic heterocycles. The summed E-state index contributed by atoms with van der Waals surface area (Å²) < 4.78 is 1.84. The fourth-order valence-electron chi connectivity index (χ4n) is 3.22. The molecule has 32 heavy (non-hydrogen) atoms. The molecule has 0 radical (unpaired) electrons. The number of para-hydroxylation sites is 2. The van der Waals surface area contributed by atoms with Crippen LogP contribution in [0.2, 0.25) is 0 Å². The fourth-order valence-corrected chi connectivity index (χ4v) is 3.22. The fraction of sp³-hybridized carbons (Fsp3) is 0.0435. The van der Waals surface area contributed by atoms with E-state index in [4.69, 9.17) is 0 Å². The standard InChI is InChI=1S/C17H13NO2.C6H4N2O4/c19-12-16(20)17-15-9-5-4-8-14(15)11-18(17)10-13-6-2-1-3-7-13;9-7(10)5-3-1-2-4-6(5)8(11)12/h1-9,11-12H,10H2;1-4H. The lowest BCUT2D eigenvalue weighted by atomic mass is 10.1. The summed E-state index contributed by atoms with van der Waals surface area (Å²) in [6.45, 7) is 0.574. The molecule has 0 aliphatic heterocycles. The van der Waals surface area contributed by atoms with Crippen molar-refractivity contribution in [2.45, 2.75) is 6.54 Å². The number of fused-ring (bicyclic) bond motifs is 1. The van der Waals surface area contributed by atoms with E-state index in [1.807, 2.05) is 65.4 Å². The maximum atomic E-state index is 11.9. The number of nitrogens with zero attached hydrogens (tertiary/aromatic N) is 3. The van der Waals surface area contributed by atoms with E-state index in [-0.39, 0.29) is 0 Å². The van der Waals surface area contributed by atoms with Crippen LogP contribution in [-0.2, 0) is 11.3 Å². The first-order valence-corrected chi connectivity index (χ1v) is 9.41. The highest BCUT2D eigenvalue weighted by Crippen LogP contribution is 2.25. The van der Waals surface area contributed by atoms with Crippen LogP contribution in [0.5, 0.6) is 0 Å². The van der Waals surface area contributed by atoms with E-state index in [1.54, 1.807) is 0 Å². The van der Waals surface area contributed by atoms with Gasteiger partial charge in [-0.15, -0.1) is 0 Å². The highest BCUT2D eigenvalue weighted by Gasteiger charge is 2.21. The highest BCUT2D eigenvalue weighted by atomic mass is 16.6. The molecule has 9 heteroatoms. The maximum absolute atomic E-state index is 11.9. The Morgan fingerprint density at radius 3 is 1.91 bits per heavy atom. The van der Waals surface area contributed by atoms with Crippen molar-refractivity contribution in [3.63, 3.8) is 0 Å². The second-order valence-corrected chi connectivity index (χ2v) is 6.66. The van der Waals surface area contributed by atoms with E-state index in [0.29, 0.717) is 18.5 Å². The first kappa shape index (κ1) is 22.0. The molecule has 0 aliphatic rings. The van der Waals surface area contributed by atoms with Gasteiger partial charge in [-0.25, -0.2) is 0 Å². The minimum absolute atomic E-state index is 0.378. The minimum Gasteiger partial charge on any atom is -0.339 e. The minimum atomic E-state index is -0.780. The SMILES string of the molecule is O=CC(=O)c1c2ccccc2cn1Cc1ccccc1.O=[N+]([O-])c1ccccc1[N+](=O)[O-]. The van der Waals surface area contributed by atoms with Gasteiger partial charge in [0.1, 0.15) is 5.69 Å². The van der Waals surface area contributed by atoms with Crippen LogP contribution in [0.4, 0.5) is 11.4 Å². The molecular weight excluding hydrogens is 414 g/mol. The number of carbonyl (C=O) groups is 2. The van der Waals surface area contributed by atoms with E-state index >= 15 is 0 Å². The first-order chi connectivity index (χ1) is 15.4. The second-order valence-electron chi connectivity index (χ2n) is 6.66. The molecule has 0 saturated carbocycles. The van der Waals surface area contributed by atoms with Gasteiger partial charge < -0.3 is 4.57 Å². The van der Waals surface area contributed by atoms with Crippen molar-refractivity contribution in [3.8, 4) is 0 Å². The molecule has 3 aromatic carbocycles. The van der Waals surface area contributed by atoms with Crippen LogP contribution in [0.3, 0.4) is 0 Å². The van der Waals surface area contributed by atoms with Crippen molar-refractivity contribution in [2.75, 3.05) is 0 Å². The number of hydrogen-bond donors (Lipinski definition) is 0. The van der Waals surface area contributed by atoms with Crippen molar-refractivity contribution in [1.82, 2.24) is 4.57 Å². The third-order valence-corrected chi connectivity index (χ3v) is 4.61.